The number of amides is 2. The minimum atomic E-state index is -0.214. The highest BCUT2D eigenvalue weighted by Crippen LogP contribution is 2.35. The highest BCUT2D eigenvalue weighted by Gasteiger charge is 2.28. The smallest absolute Gasteiger partial charge is 0.322 e. The zero-order valence-electron chi connectivity index (χ0n) is 18.7. The van der Waals surface area contributed by atoms with Gasteiger partial charge in [-0.2, -0.15) is 0 Å². The largest absolute Gasteiger partial charge is 0.454 e. The molecule has 1 fully saturated rings. The molecule has 0 radical (unpaired) electrons. The van der Waals surface area contributed by atoms with Crippen molar-refractivity contribution in [3.8, 4) is 11.5 Å². The molecule has 0 aliphatic carbocycles. The molecule has 8 heteroatoms. The van der Waals surface area contributed by atoms with Gasteiger partial charge in [-0.05, 0) is 50.2 Å². The molecule has 2 amide bonds. The number of urea groups is 1. The lowest BCUT2D eigenvalue weighted by molar-refractivity contribution is 0.174. The second kappa shape index (κ2) is 9.15. The molecule has 5 rings (SSSR count). The summed E-state index contributed by atoms with van der Waals surface area (Å²) in [4.78, 5) is 33.3. The Labute approximate surface area is 192 Å². The summed E-state index contributed by atoms with van der Waals surface area (Å²) in [7, 11) is 0. The summed E-state index contributed by atoms with van der Waals surface area (Å²) in [5.41, 5.74) is 1.73. The fourth-order valence-corrected chi connectivity index (χ4v) is 4.68. The van der Waals surface area contributed by atoms with Crippen molar-refractivity contribution in [1.29, 1.82) is 0 Å². The summed E-state index contributed by atoms with van der Waals surface area (Å²) in [5, 5.41) is 3.82. The van der Waals surface area contributed by atoms with E-state index in [4.69, 9.17) is 9.47 Å². The minimum absolute atomic E-state index is 0.172. The molecule has 2 aliphatic rings. The molecule has 172 valence electrons. The number of likely N-dealkylation sites (N-methyl/N-ethyl adjacent to an activating group) is 1. The van der Waals surface area contributed by atoms with Crippen LogP contribution in [0.25, 0.3) is 10.9 Å². The Morgan fingerprint density at radius 1 is 1.18 bits per heavy atom. The number of fused-ring (bicyclic) bond motifs is 2. The first-order valence-electron chi connectivity index (χ1n) is 11.4. The summed E-state index contributed by atoms with van der Waals surface area (Å²) < 4.78 is 10.9. The number of hydrogen-bond donors (Lipinski definition) is 2. The van der Waals surface area contributed by atoms with E-state index < -0.39 is 0 Å². The molecule has 1 atom stereocenters. The topological polar surface area (TPSA) is 86.9 Å². The van der Waals surface area contributed by atoms with Crippen LogP contribution in [0.4, 0.5) is 10.5 Å². The van der Waals surface area contributed by atoms with Crippen molar-refractivity contribution in [3.63, 3.8) is 0 Å². The average Bonchev–Trinajstić information content (AvgIpc) is 3.46. The van der Waals surface area contributed by atoms with Gasteiger partial charge < -0.3 is 24.7 Å². The summed E-state index contributed by atoms with van der Waals surface area (Å²) >= 11 is 0. The van der Waals surface area contributed by atoms with E-state index in [1.54, 1.807) is 11.0 Å². The molecule has 0 spiro atoms. The second-order valence-corrected chi connectivity index (χ2v) is 8.52. The molecule has 1 aromatic heterocycles. The van der Waals surface area contributed by atoms with Gasteiger partial charge in [0.25, 0.3) is 5.56 Å². The number of pyridine rings is 1. The molecule has 3 heterocycles. The Balaban J connectivity index is 1.43. The van der Waals surface area contributed by atoms with Crippen molar-refractivity contribution in [2.45, 2.75) is 32.4 Å². The van der Waals surface area contributed by atoms with Crippen molar-refractivity contribution in [1.82, 2.24) is 14.8 Å². The zero-order chi connectivity index (χ0) is 22.8. The van der Waals surface area contributed by atoms with Crippen molar-refractivity contribution < 1.29 is 14.3 Å². The number of likely N-dealkylation sites (tertiary alicyclic amines) is 1. The molecule has 1 saturated heterocycles. The third-order valence-corrected chi connectivity index (χ3v) is 6.42. The predicted molar refractivity (Wildman–Crippen MR) is 127 cm³/mol. The number of anilines is 1. The summed E-state index contributed by atoms with van der Waals surface area (Å²) in [5.74, 6) is 1.28. The molecule has 2 aromatic carbocycles. The SMILES string of the molecule is CCN1CCC[C@H]1CN(Cc1cc2cc3c(cc2[nH]c1=O)OCO3)C(=O)Nc1ccccc1. The molecular formula is C25H28N4O4. The molecule has 8 nitrogen and oxygen atoms in total. The van der Waals surface area contributed by atoms with E-state index in [1.165, 1.54) is 0 Å². The molecule has 0 bridgehead atoms. The van der Waals surface area contributed by atoms with E-state index in [0.29, 0.717) is 29.1 Å². The van der Waals surface area contributed by atoms with Crippen molar-refractivity contribution in [3.05, 3.63) is 64.4 Å². The number of hydrogen-bond acceptors (Lipinski definition) is 5. The van der Waals surface area contributed by atoms with E-state index in [0.717, 1.165) is 37.0 Å². The standard InChI is InChI=1S/C25H28N4O4/c1-2-28-10-6-9-20(28)15-29(25(31)26-19-7-4-3-5-8-19)14-18-11-17-12-22-23(33-16-32-22)13-21(17)27-24(18)30/h3-5,7-8,11-13,20H,2,6,9-10,14-16H2,1H3,(H,26,31)(H,27,30)/t20-/m0/s1. The van der Waals surface area contributed by atoms with Gasteiger partial charge in [-0.1, -0.05) is 25.1 Å². The molecule has 2 aliphatic heterocycles. The molecule has 33 heavy (non-hydrogen) atoms. The number of benzene rings is 2. The molecule has 0 unspecified atom stereocenters. The Hall–Kier alpha value is -3.52. The van der Waals surface area contributed by atoms with Gasteiger partial charge in [0.15, 0.2) is 11.5 Å². The van der Waals surface area contributed by atoms with Gasteiger partial charge in [-0.15, -0.1) is 0 Å². The summed E-state index contributed by atoms with van der Waals surface area (Å²) in [6, 6.07) is 14.9. The van der Waals surface area contributed by atoms with Crippen LogP contribution in [-0.2, 0) is 6.54 Å². The number of nitrogens with one attached hydrogen (secondary N) is 2. The third kappa shape index (κ3) is 4.52. The van der Waals surface area contributed by atoms with Crippen LogP contribution in [0.5, 0.6) is 11.5 Å². The molecular weight excluding hydrogens is 420 g/mol. The van der Waals surface area contributed by atoms with Gasteiger partial charge in [-0.3, -0.25) is 9.69 Å². The van der Waals surface area contributed by atoms with Crippen molar-refractivity contribution in [2.75, 3.05) is 31.7 Å². The van der Waals surface area contributed by atoms with E-state index in [9.17, 15) is 9.59 Å². The number of aromatic nitrogens is 1. The fourth-order valence-electron chi connectivity index (χ4n) is 4.68. The van der Waals surface area contributed by atoms with Gasteiger partial charge in [0.05, 0.1) is 12.1 Å². The normalized spacial score (nSPS) is 17.4. The van der Waals surface area contributed by atoms with Gasteiger partial charge in [0.2, 0.25) is 6.79 Å². The first kappa shape index (κ1) is 21.3. The van der Waals surface area contributed by atoms with Gasteiger partial charge >= 0.3 is 6.03 Å². The lowest BCUT2D eigenvalue weighted by atomic mass is 10.1. The number of H-pyrrole nitrogens is 1. The maximum atomic E-state index is 13.3. The number of rotatable bonds is 6. The van der Waals surface area contributed by atoms with Crippen LogP contribution in [0.2, 0.25) is 0 Å². The Morgan fingerprint density at radius 2 is 1.97 bits per heavy atom. The van der Waals surface area contributed by atoms with Gasteiger partial charge in [0, 0.05) is 35.3 Å². The maximum Gasteiger partial charge on any atom is 0.322 e. The van der Waals surface area contributed by atoms with Crippen LogP contribution in [-0.4, -0.2) is 53.3 Å². The van der Waals surface area contributed by atoms with Crippen LogP contribution in [0, 0.1) is 0 Å². The highest BCUT2D eigenvalue weighted by molar-refractivity contribution is 5.89. The van der Waals surface area contributed by atoms with Crippen molar-refractivity contribution in [2.24, 2.45) is 0 Å². The minimum Gasteiger partial charge on any atom is -0.454 e. The lowest BCUT2D eigenvalue weighted by Gasteiger charge is -2.30. The average molecular weight is 449 g/mol. The number of para-hydroxylation sites is 1. The van der Waals surface area contributed by atoms with E-state index in [1.807, 2.05) is 42.5 Å². The monoisotopic (exact) mass is 448 g/mol. The van der Waals surface area contributed by atoms with Gasteiger partial charge in [0.1, 0.15) is 0 Å². The first-order chi connectivity index (χ1) is 16.1. The van der Waals surface area contributed by atoms with E-state index in [2.05, 4.69) is 22.1 Å². The first-order valence-corrected chi connectivity index (χ1v) is 11.4. The fraction of sp³-hybridized carbons (Fsp3) is 0.360. The van der Waals surface area contributed by atoms with Crippen LogP contribution in [0.1, 0.15) is 25.3 Å². The predicted octanol–water partition coefficient (Wildman–Crippen LogP) is 3.78. The molecule has 2 N–H and O–H groups in total. The number of ether oxygens (including phenoxy) is 2. The summed E-state index contributed by atoms with van der Waals surface area (Å²) in [6.07, 6.45) is 2.16. The molecule has 3 aromatic rings. The van der Waals surface area contributed by atoms with E-state index >= 15 is 0 Å². The lowest BCUT2D eigenvalue weighted by Crippen LogP contribution is -2.45. The van der Waals surface area contributed by atoms with Crippen LogP contribution >= 0.6 is 0 Å². The van der Waals surface area contributed by atoms with Crippen LogP contribution in [0.15, 0.2) is 53.3 Å². The quantitative estimate of drug-likeness (QED) is 0.599. The van der Waals surface area contributed by atoms with Crippen LogP contribution in [0.3, 0.4) is 0 Å². The van der Waals surface area contributed by atoms with Crippen molar-refractivity contribution >= 4 is 22.6 Å². The highest BCUT2D eigenvalue weighted by atomic mass is 16.7. The zero-order valence-corrected chi connectivity index (χ0v) is 18.7. The maximum absolute atomic E-state index is 13.3. The Kier molecular flexibility index (Phi) is 5.92. The number of carbonyl (C=O) groups is 1. The summed E-state index contributed by atoms with van der Waals surface area (Å²) in [6.45, 7) is 5.08. The number of carbonyl (C=O) groups excluding carboxylic acids is 1. The Morgan fingerprint density at radius 3 is 2.76 bits per heavy atom. The number of aromatic amines is 1. The van der Waals surface area contributed by atoms with Crippen LogP contribution < -0.4 is 20.3 Å². The second-order valence-electron chi connectivity index (χ2n) is 8.52. The number of nitrogens with zero attached hydrogens (tertiary/aromatic N) is 2. The molecule has 0 saturated carbocycles. The van der Waals surface area contributed by atoms with E-state index in [-0.39, 0.29) is 31.0 Å². The third-order valence-electron chi connectivity index (χ3n) is 6.42. The van der Waals surface area contributed by atoms with Gasteiger partial charge in [-0.25, -0.2) is 4.79 Å². The Bertz CT molecular complexity index is 1210.